The summed E-state index contributed by atoms with van der Waals surface area (Å²) in [6, 6.07) is 6.01. The maximum atomic E-state index is 10.7. The van der Waals surface area contributed by atoms with Crippen LogP contribution in [0.4, 0.5) is 0 Å². The number of rotatable bonds is 1. The molecule has 0 aliphatic carbocycles. The summed E-state index contributed by atoms with van der Waals surface area (Å²) in [4.78, 5) is 15.0. The van der Waals surface area contributed by atoms with Crippen molar-refractivity contribution in [3.05, 3.63) is 41.1 Å². The van der Waals surface area contributed by atoms with E-state index in [2.05, 4.69) is 4.98 Å². The molecule has 0 saturated carbocycles. The third kappa shape index (κ3) is 1.20. The monoisotopic (exact) mass is 185 g/mol. The number of aromatic nitrogens is 1. The molecule has 2 heteroatoms. The highest BCUT2D eigenvalue weighted by Crippen LogP contribution is 2.20. The van der Waals surface area contributed by atoms with Gasteiger partial charge in [-0.1, -0.05) is 18.2 Å². The molecule has 70 valence electrons. The van der Waals surface area contributed by atoms with Gasteiger partial charge in [0.05, 0.1) is 5.52 Å². The Balaban J connectivity index is 2.90. The molecule has 0 N–H and O–H groups in total. The maximum Gasteiger partial charge on any atom is 0.151 e. The summed E-state index contributed by atoms with van der Waals surface area (Å²) in [5, 5.41) is 1.06. The highest BCUT2D eigenvalue weighted by atomic mass is 16.1. The van der Waals surface area contributed by atoms with Crippen LogP contribution in [-0.2, 0) is 0 Å². The molecule has 0 amide bonds. The highest BCUT2D eigenvalue weighted by molar-refractivity contribution is 5.91. The van der Waals surface area contributed by atoms with E-state index in [1.54, 1.807) is 6.20 Å². The second kappa shape index (κ2) is 3.22. The van der Waals surface area contributed by atoms with E-state index in [1.165, 1.54) is 0 Å². The summed E-state index contributed by atoms with van der Waals surface area (Å²) >= 11 is 0. The zero-order chi connectivity index (χ0) is 10.1. The minimum Gasteiger partial charge on any atom is -0.298 e. The van der Waals surface area contributed by atoms with E-state index >= 15 is 0 Å². The molecule has 0 radical (unpaired) electrons. The van der Waals surface area contributed by atoms with Gasteiger partial charge in [-0.15, -0.1) is 0 Å². The first-order chi connectivity index (χ1) is 6.74. The minimum atomic E-state index is 0.670. The summed E-state index contributed by atoms with van der Waals surface area (Å²) in [7, 11) is 0. The first-order valence-electron chi connectivity index (χ1n) is 4.54. The molecular formula is C12H11NO. The van der Waals surface area contributed by atoms with Gasteiger partial charge in [0.2, 0.25) is 0 Å². The van der Waals surface area contributed by atoms with Gasteiger partial charge in [-0.25, -0.2) is 0 Å². The van der Waals surface area contributed by atoms with Crippen LogP contribution in [-0.4, -0.2) is 11.3 Å². The molecule has 0 saturated heterocycles. The average Bonchev–Trinajstić information content (AvgIpc) is 2.20. The summed E-state index contributed by atoms with van der Waals surface area (Å²) < 4.78 is 0. The number of carbonyl (C=O) groups is 1. The lowest BCUT2D eigenvalue weighted by Gasteiger charge is -2.05. The number of benzene rings is 1. The van der Waals surface area contributed by atoms with Gasteiger partial charge in [0.25, 0.3) is 0 Å². The molecule has 0 atom stereocenters. The molecule has 0 aliphatic rings. The van der Waals surface area contributed by atoms with Gasteiger partial charge < -0.3 is 0 Å². The molecule has 1 aromatic carbocycles. The molecule has 1 aromatic heterocycles. The van der Waals surface area contributed by atoms with Crippen molar-refractivity contribution in [3.63, 3.8) is 0 Å². The normalized spacial score (nSPS) is 10.4. The minimum absolute atomic E-state index is 0.670. The molecule has 0 unspecified atom stereocenters. The van der Waals surface area contributed by atoms with Gasteiger partial charge in [-0.05, 0) is 25.0 Å². The van der Waals surface area contributed by atoms with Gasteiger partial charge in [0.15, 0.2) is 6.29 Å². The van der Waals surface area contributed by atoms with E-state index in [9.17, 15) is 4.79 Å². The van der Waals surface area contributed by atoms with E-state index in [0.29, 0.717) is 5.56 Å². The quantitative estimate of drug-likeness (QED) is 0.639. The van der Waals surface area contributed by atoms with Gasteiger partial charge in [0.1, 0.15) is 0 Å². The van der Waals surface area contributed by atoms with Crippen LogP contribution in [0.3, 0.4) is 0 Å². The van der Waals surface area contributed by atoms with Gasteiger partial charge in [-0.3, -0.25) is 9.78 Å². The van der Waals surface area contributed by atoms with Gasteiger partial charge in [0, 0.05) is 17.1 Å². The van der Waals surface area contributed by atoms with Crippen molar-refractivity contribution < 1.29 is 4.79 Å². The Bertz CT molecular complexity index is 503. The SMILES string of the molecule is Cc1c(C=O)cnc2c(C)cccc12. The standard InChI is InChI=1S/C12H11NO/c1-8-4-3-5-11-9(2)10(7-14)6-13-12(8)11/h3-7H,1-2H3. The largest absolute Gasteiger partial charge is 0.298 e. The Hall–Kier alpha value is -1.70. The fourth-order valence-electron chi connectivity index (χ4n) is 1.64. The van der Waals surface area contributed by atoms with E-state index in [1.807, 2.05) is 32.0 Å². The first-order valence-corrected chi connectivity index (χ1v) is 4.54. The predicted molar refractivity (Wildman–Crippen MR) is 56.6 cm³/mol. The fourth-order valence-corrected chi connectivity index (χ4v) is 1.64. The van der Waals surface area contributed by atoms with Crippen molar-refractivity contribution in [2.24, 2.45) is 0 Å². The fraction of sp³-hybridized carbons (Fsp3) is 0.167. The van der Waals surface area contributed by atoms with Crippen LogP contribution < -0.4 is 0 Å². The van der Waals surface area contributed by atoms with Gasteiger partial charge >= 0.3 is 0 Å². The molecule has 0 bridgehead atoms. The number of carbonyl (C=O) groups excluding carboxylic acids is 1. The Labute approximate surface area is 82.6 Å². The third-order valence-electron chi connectivity index (χ3n) is 2.53. The number of hydrogen-bond donors (Lipinski definition) is 0. The van der Waals surface area contributed by atoms with E-state index in [0.717, 1.165) is 28.3 Å². The molecular weight excluding hydrogens is 174 g/mol. The van der Waals surface area contributed by atoms with Crippen LogP contribution in [0.1, 0.15) is 21.5 Å². The van der Waals surface area contributed by atoms with Crippen molar-refractivity contribution >= 4 is 17.2 Å². The Kier molecular flexibility index (Phi) is 2.04. The summed E-state index contributed by atoms with van der Waals surface area (Å²) in [6.07, 6.45) is 2.49. The number of pyridine rings is 1. The molecule has 1 heterocycles. The lowest BCUT2D eigenvalue weighted by molar-refractivity contribution is 0.112. The molecule has 2 rings (SSSR count). The predicted octanol–water partition coefficient (Wildman–Crippen LogP) is 2.66. The summed E-state index contributed by atoms with van der Waals surface area (Å²) in [5.41, 5.74) is 3.80. The zero-order valence-electron chi connectivity index (χ0n) is 8.24. The highest BCUT2D eigenvalue weighted by Gasteiger charge is 2.04. The smallest absolute Gasteiger partial charge is 0.151 e. The Morgan fingerprint density at radius 2 is 2.07 bits per heavy atom. The molecule has 0 aliphatic heterocycles. The van der Waals surface area contributed by atoms with E-state index in [4.69, 9.17) is 0 Å². The van der Waals surface area contributed by atoms with E-state index < -0.39 is 0 Å². The number of para-hydroxylation sites is 1. The Morgan fingerprint density at radius 3 is 2.79 bits per heavy atom. The van der Waals surface area contributed by atoms with Crippen molar-refractivity contribution in [2.45, 2.75) is 13.8 Å². The van der Waals surface area contributed by atoms with Crippen molar-refractivity contribution in [1.29, 1.82) is 0 Å². The van der Waals surface area contributed by atoms with Crippen LogP contribution in [0.5, 0.6) is 0 Å². The molecule has 2 nitrogen and oxygen atoms in total. The average molecular weight is 185 g/mol. The zero-order valence-corrected chi connectivity index (χ0v) is 8.24. The lowest BCUT2D eigenvalue weighted by atomic mass is 10.0. The molecule has 2 aromatic rings. The van der Waals surface area contributed by atoms with Crippen molar-refractivity contribution in [2.75, 3.05) is 0 Å². The molecule has 0 fully saturated rings. The summed E-state index contributed by atoms with van der Waals surface area (Å²) in [6.45, 7) is 3.97. The number of fused-ring (bicyclic) bond motifs is 1. The number of nitrogens with zero attached hydrogens (tertiary/aromatic N) is 1. The van der Waals surface area contributed by atoms with Crippen molar-refractivity contribution in [3.8, 4) is 0 Å². The van der Waals surface area contributed by atoms with E-state index in [-0.39, 0.29) is 0 Å². The molecule has 0 spiro atoms. The number of aryl methyl sites for hydroxylation is 2. The molecule has 14 heavy (non-hydrogen) atoms. The number of hydrogen-bond acceptors (Lipinski definition) is 2. The third-order valence-corrected chi connectivity index (χ3v) is 2.53. The van der Waals surface area contributed by atoms with Crippen LogP contribution >= 0.6 is 0 Å². The second-order valence-electron chi connectivity index (χ2n) is 3.43. The maximum absolute atomic E-state index is 10.7. The topological polar surface area (TPSA) is 30.0 Å². The first kappa shape index (κ1) is 8.88. The second-order valence-corrected chi connectivity index (χ2v) is 3.43. The van der Waals surface area contributed by atoms with Gasteiger partial charge in [-0.2, -0.15) is 0 Å². The van der Waals surface area contributed by atoms with Crippen molar-refractivity contribution in [1.82, 2.24) is 4.98 Å². The van der Waals surface area contributed by atoms with Crippen LogP contribution in [0.25, 0.3) is 10.9 Å². The lowest BCUT2D eigenvalue weighted by Crippen LogP contribution is -1.92. The van der Waals surface area contributed by atoms with Crippen LogP contribution in [0.15, 0.2) is 24.4 Å². The van der Waals surface area contributed by atoms with Crippen LogP contribution in [0.2, 0.25) is 0 Å². The Morgan fingerprint density at radius 1 is 1.29 bits per heavy atom. The summed E-state index contributed by atoms with van der Waals surface area (Å²) in [5.74, 6) is 0. The number of aldehydes is 1. The van der Waals surface area contributed by atoms with Crippen LogP contribution in [0, 0.1) is 13.8 Å².